The Morgan fingerprint density at radius 2 is 1.89 bits per heavy atom. The highest BCUT2D eigenvalue weighted by Gasteiger charge is 2.15. The summed E-state index contributed by atoms with van der Waals surface area (Å²) in [5, 5.41) is 4.56. The summed E-state index contributed by atoms with van der Waals surface area (Å²) in [7, 11) is 3.76. The highest BCUT2D eigenvalue weighted by molar-refractivity contribution is 7.71. The first-order valence-corrected chi connectivity index (χ1v) is 9.26. The molecule has 0 amide bonds. The van der Waals surface area contributed by atoms with Gasteiger partial charge in [-0.1, -0.05) is 12.1 Å². The predicted molar refractivity (Wildman–Crippen MR) is 106 cm³/mol. The number of benzene rings is 2. The van der Waals surface area contributed by atoms with Gasteiger partial charge >= 0.3 is 0 Å². The van der Waals surface area contributed by atoms with Crippen LogP contribution < -0.4 is 14.4 Å². The minimum absolute atomic E-state index is 0.352. The molecule has 1 aromatic heterocycles. The van der Waals surface area contributed by atoms with Crippen molar-refractivity contribution in [1.29, 1.82) is 0 Å². The second-order valence-corrected chi connectivity index (χ2v) is 6.59. The smallest absolute Gasteiger partial charge is 0.292 e. The quantitative estimate of drug-likeness (QED) is 0.603. The molecule has 0 saturated carbocycles. The third-order valence-corrected chi connectivity index (χ3v) is 4.40. The summed E-state index contributed by atoms with van der Waals surface area (Å²) in [6.45, 7) is 3.96. The van der Waals surface area contributed by atoms with Crippen LogP contribution in [-0.4, -0.2) is 30.5 Å². The lowest BCUT2D eigenvalue weighted by molar-refractivity contribution is -0.917. The van der Waals surface area contributed by atoms with Crippen LogP contribution in [-0.2, 0) is 13.2 Å². The van der Waals surface area contributed by atoms with Crippen LogP contribution in [0.4, 0.5) is 0 Å². The molecule has 0 aliphatic carbocycles. The van der Waals surface area contributed by atoms with Crippen LogP contribution in [0, 0.1) is 4.84 Å². The summed E-state index contributed by atoms with van der Waals surface area (Å²) < 4.78 is 18.3. The number of nitrogens with zero attached hydrogens (tertiary/aromatic N) is 2. The van der Waals surface area contributed by atoms with Crippen molar-refractivity contribution in [1.82, 2.24) is 9.78 Å². The zero-order chi connectivity index (χ0) is 19.2. The van der Waals surface area contributed by atoms with E-state index in [1.165, 1.54) is 10.5 Å². The Morgan fingerprint density at radius 1 is 1.15 bits per heavy atom. The average molecular weight is 386 g/mol. The Labute approximate surface area is 163 Å². The largest absolute Gasteiger partial charge is 0.497 e. The number of nitrogens with one attached hydrogen (secondary N) is 1. The monoisotopic (exact) mass is 386 g/mol. The molecule has 0 fully saturated rings. The Hall–Kier alpha value is -2.64. The second-order valence-electron chi connectivity index (χ2n) is 6.24. The van der Waals surface area contributed by atoms with Crippen molar-refractivity contribution in [2.75, 3.05) is 20.8 Å². The van der Waals surface area contributed by atoms with E-state index < -0.39 is 0 Å². The minimum atomic E-state index is 0.352. The summed E-state index contributed by atoms with van der Waals surface area (Å²) in [4.78, 5) is 1.58. The Kier molecular flexibility index (Phi) is 6.26. The highest BCUT2D eigenvalue weighted by Crippen LogP contribution is 2.28. The second kappa shape index (κ2) is 8.83. The number of aromatic nitrogens is 2. The summed E-state index contributed by atoms with van der Waals surface area (Å²) in [5.74, 6) is 2.07. The van der Waals surface area contributed by atoms with Gasteiger partial charge in [0.15, 0.2) is 6.67 Å². The van der Waals surface area contributed by atoms with Crippen LogP contribution in [0.25, 0.3) is 11.5 Å². The first-order chi connectivity index (χ1) is 13.1. The van der Waals surface area contributed by atoms with E-state index in [9.17, 15) is 0 Å². The molecule has 1 N–H and O–H groups in total. The number of methoxy groups -OCH3 is 1. The van der Waals surface area contributed by atoms with Crippen molar-refractivity contribution >= 4 is 12.2 Å². The van der Waals surface area contributed by atoms with Gasteiger partial charge < -0.3 is 18.8 Å². The first kappa shape index (κ1) is 19.1. The maximum absolute atomic E-state index is 5.73. The maximum atomic E-state index is 5.73. The zero-order valence-corrected chi connectivity index (χ0v) is 16.6. The molecule has 27 heavy (non-hydrogen) atoms. The molecule has 142 valence electrons. The lowest BCUT2D eigenvalue weighted by Gasteiger charge is -2.13. The van der Waals surface area contributed by atoms with E-state index in [-0.39, 0.29) is 0 Å². The fourth-order valence-corrected chi connectivity index (χ4v) is 3.03. The van der Waals surface area contributed by atoms with E-state index in [2.05, 4.69) is 24.3 Å². The molecule has 2 aromatic carbocycles. The van der Waals surface area contributed by atoms with Crippen LogP contribution in [0.15, 0.2) is 52.9 Å². The number of ether oxygens (including phenoxy) is 2. The van der Waals surface area contributed by atoms with Crippen molar-refractivity contribution < 1.29 is 18.8 Å². The zero-order valence-electron chi connectivity index (χ0n) is 15.8. The van der Waals surface area contributed by atoms with Gasteiger partial charge in [0, 0.05) is 5.56 Å². The van der Waals surface area contributed by atoms with E-state index in [1.54, 1.807) is 11.8 Å². The molecular formula is C20H24N3O3S+. The first-order valence-electron chi connectivity index (χ1n) is 8.85. The summed E-state index contributed by atoms with van der Waals surface area (Å²) in [6, 6.07) is 15.7. The molecule has 0 aliphatic rings. The minimum Gasteiger partial charge on any atom is -0.497 e. The normalized spacial score (nSPS) is 12.0. The Balaban J connectivity index is 1.73. The van der Waals surface area contributed by atoms with E-state index in [4.69, 9.17) is 26.1 Å². The topological polar surface area (TPSA) is 53.9 Å². The maximum Gasteiger partial charge on any atom is 0.292 e. The summed E-state index contributed by atoms with van der Waals surface area (Å²) >= 11 is 5.36. The molecule has 0 spiro atoms. The van der Waals surface area contributed by atoms with Gasteiger partial charge in [-0.25, -0.2) is 0 Å². The molecule has 3 aromatic rings. The van der Waals surface area contributed by atoms with Crippen molar-refractivity contribution in [3.05, 3.63) is 58.9 Å². The van der Waals surface area contributed by atoms with Gasteiger partial charge in [0.25, 0.3) is 10.7 Å². The van der Waals surface area contributed by atoms with Crippen molar-refractivity contribution in [2.45, 2.75) is 20.1 Å². The number of hydrogen-bond donors (Lipinski definition) is 1. The van der Waals surface area contributed by atoms with Gasteiger partial charge in [0.2, 0.25) is 0 Å². The van der Waals surface area contributed by atoms with E-state index in [0.717, 1.165) is 23.6 Å². The molecule has 1 heterocycles. The molecule has 0 saturated heterocycles. The van der Waals surface area contributed by atoms with Gasteiger partial charge in [-0.3, -0.25) is 0 Å². The van der Waals surface area contributed by atoms with Crippen molar-refractivity contribution in [3.8, 4) is 23.0 Å². The number of hydrogen-bond acceptors (Lipinski definition) is 5. The van der Waals surface area contributed by atoms with Gasteiger partial charge in [-0.2, -0.15) is 4.68 Å². The van der Waals surface area contributed by atoms with Crippen LogP contribution in [0.5, 0.6) is 11.5 Å². The highest BCUT2D eigenvalue weighted by atomic mass is 32.1. The molecule has 7 heteroatoms. The predicted octanol–water partition coefficient (Wildman–Crippen LogP) is 2.95. The van der Waals surface area contributed by atoms with Gasteiger partial charge in [0.05, 0.1) is 26.3 Å². The van der Waals surface area contributed by atoms with Crippen LogP contribution in [0.2, 0.25) is 0 Å². The number of quaternary nitrogens is 1. The third-order valence-electron chi connectivity index (χ3n) is 4.11. The van der Waals surface area contributed by atoms with E-state index in [0.29, 0.717) is 24.0 Å². The van der Waals surface area contributed by atoms with E-state index in [1.807, 2.05) is 43.3 Å². The fraction of sp³-hybridized carbons (Fsp3) is 0.300. The molecule has 3 rings (SSSR count). The van der Waals surface area contributed by atoms with Crippen LogP contribution >= 0.6 is 12.2 Å². The van der Waals surface area contributed by atoms with Crippen molar-refractivity contribution in [3.63, 3.8) is 0 Å². The molecule has 1 atom stereocenters. The van der Waals surface area contributed by atoms with Crippen LogP contribution in [0.1, 0.15) is 12.5 Å². The SMILES string of the molecule is CCOc1ccccc1-c1nn(C[NH+](C)Cc2ccc(OC)cc2)c(=S)o1. The third kappa shape index (κ3) is 4.75. The standard InChI is InChI=1S/C20H23N3O3S/c1-4-25-18-8-6-5-7-17(18)19-21-23(20(27)26-19)14-22(2)13-15-9-11-16(24-3)12-10-15/h5-12H,4,13-14H2,1-3H3/p+1. The Bertz CT molecular complexity index is 934. The molecule has 6 nitrogen and oxygen atoms in total. The Morgan fingerprint density at radius 3 is 2.59 bits per heavy atom. The summed E-state index contributed by atoms with van der Waals surface area (Å²) in [5.41, 5.74) is 2.02. The lowest BCUT2D eigenvalue weighted by Crippen LogP contribution is -3.07. The van der Waals surface area contributed by atoms with E-state index >= 15 is 0 Å². The molecule has 1 unspecified atom stereocenters. The van der Waals surface area contributed by atoms with Gasteiger partial charge in [-0.15, -0.1) is 5.10 Å². The fourth-order valence-electron chi connectivity index (χ4n) is 2.84. The number of rotatable bonds is 8. The van der Waals surface area contributed by atoms with Gasteiger partial charge in [0.1, 0.15) is 18.0 Å². The average Bonchev–Trinajstić information content (AvgIpc) is 3.03. The lowest BCUT2D eigenvalue weighted by atomic mass is 10.2. The number of para-hydroxylation sites is 1. The van der Waals surface area contributed by atoms with Gasteiger partial charge in [-0.05, 0) is 55.5 Å². The molecular weight excluding hydrogens is 362 g/mol. The van der Waals surface area contributed by atoms with Crippen LogP contribution in [0.3, 0.4) is 0 Å². The summed E-state index contributed by atoms with van der Waals surface area (Å²) in [6.07, 6.45) is 0. The molecule has 0 radical (unpaired) electrons. The molecule has 0 bridgehead atoms. The van der Waals surface area contributed by atoms with Crippen molar-refractivity contribution in [2.24, 2.45) is 0 Å². The molecule has 0 aliphatic heterocycles.